The Labute approximate surface area is 428 Å². The molecule has 15 nitrogen and oxygen atoms in total. The molecule has 2 aliphatic heterocycles. The van der Waals surface area contributed by atoms with Crippen LogP contribution in [-0.4, -0.2) is 157 Å². The van der Waals surface area contributed by atoms with Crippen LogP contribution in [0.3, 0.4) is 0 Å². The van der Waals surface area contributed by atoms with Crippen LogP contribution >= 0.6 is 0 Å². The molecular formula is C57H82N6O9. The molecule has 3 aliphatic rings. The Balaban J connectivity index is 1.06. The molecule has 15 heteroatoms. The highest BCUT2D eigenvalue weighted by Crippen LogP contribution is 2.44. The first-order valence-corrected chi connectivity index (χ1v) is 26.2. The van der Waals surface area contributed by atoms with E-state index >= 15 is 0 Å². The number of nitrogens with zero attached hydrogens (tertiary/aromatic N) is 4. The number of methoxy groups -OCH3 is 2. The number of ether oxygens (including phenoxy) is 3. The Kier molecular flexibility index (Phi) is 19.8. The summed E-state index contributed by atoms with van der Waals surface area (Å²) in [6.07, 6.45) is -0.473. The van der Waals surface area contributed by atoms with Crippen molar-refractivity contribution in [3.63, 3.8) is 0 Å². The molecule has 3 aromatic carbocycles. The number of piperazine rings is 1. The van der Waals surface area contributed by atoms with Crippen molar-refractivity contribution in [1.82, 2.24) is 30.2 Å². The minimum absolute atomic E-state index is 0.00686. The van der Waals surface area contributed by atoms with E-state index in [4.69, 9.17) is 14.2 Å². The van der Waals surface area contributed by atoms with E-state index in [0.717, 1.165) is 17.5 Å². The number of amides is 5. The van der Waals surface area contributed by atoms with E-state index in [0.29, 0.717) is 51.1 Å². The van der Waals surface area contributed by atoms with Crippen LogP contribution in [0.4, 0.5) is 4.79 Å². The Morgan fingerprint density at radius 3 is 1.90 bits per heavy atom. The van der Waals surface area contributed by atoms with Gasteiger partial charge in [-0.05, 0) is 65.3 Å². The first-order chi connectivity index (χ1) is 34.4. The number of fused-ring (bicyclic) bond motifs is 3. The summed E-state index contributed by atoms with van der Waals surface area (Å²) in [6.45, 7) is 17.9. The van der Waals surface area contributed by atoms with Gasteiger partial charge in [-0.25, -0.2) is 4.79 Å². The summed E-state index contributed by atoms with van der Waals surface area (Å²) in [4.78, 5) is 78.0. The Bertz CT molecular complexity index is 2240. The average Bonchev–Trinajstić information content (AvgIpc) is 4.00. The van der Waals surface area contributed by atoms with Crippen molar-refractivity contribution >= 4 is 29.7 Å². The zero-order valence-electron chi connectivity index (χ0n) is 44.6. The fourth-order valence-electron chi connectivity index (χ4n) is 11.4. The van der Waals surface area contributed by atoms with Gasteiger partial charge in [-0.3, -0.25) is 24.1 Å². The molecule has 1 unspecified atom stereocenters. The second-order valence-electron chi connectivity index (χ2n) is 21.0. The third-order valence-electron chi connectivity index (χ3n) is 15.7. The summed E-state index contributed by atoms with van der Waals surface area (Å²) in [5, 5.41) is 17.0. The van der Waals surface area contributed by atoms with Gasteiger partial charge in [-0.15, -0.1) is 0 Å². The molecule has 1 aliphatic carbocycles. The molecule has 6 rings (SSSR count). The third-order valence-corrected chi connectivity index (χ3v) is 15.7. The van der Waals surface area contributed by atoms with Gasteiger partial charge in [-0.2, -0.15) is 0 Å². The van der Waals surface area contributed by atoms with Crippen molar-refractivity contribution in [1.29, 1.82) is 0 Å². The third kappa shape index (κ3) is 12.7. The van der Waals surface area contributed by atoms with Gasteiger partial charge in [0.2, 0.25) is 23.6 Å². The monoisotopic (exact) mass is 995 g/mol. The number of rotatable bonds is 22. The summed E-state index contributed by atoms with van der Waals surface area (Å²) in [5.41, 5.74) is 5.35. The number of aliphatic hydroxyl groups is 1. The molecule has 0 saturated carbocycles. The zero-order valence-corrected chi connectivity index (χ0v) is 44.6. The van der Waals surface area contributed by atoms with Crippen LogP contribution in [0.2, 0.25) is 0 Å². The van der Waals surface area contributed by atoms with E-state index in [1.165, 1.54) is 11.1 Å². The lowest BCUT2D eigenvalue weighted by Gasteiger charge is -2.42. The first-order valence-electron chi connectivity index (χ1n) is 26.2. The van der Waals surface area contributed by atoms with E-state index in [-0.39, 0.29) is 72.5 Å². The van der Waals surface area contributed by atoms with Gasteiger partial charge in [0, 0.05) is 59.9 Å². The highest BCUT2D eigenvalue weighted by Gasteiger charge is 2.44. The topological polar surface area (TPSA) is 170 Å². The second-order valence-corrected chi connectivity index (χ2v) is 21.0. The predicted molar refractivity (Wildman–Crippen MR) is 279 cm³/mol. The average molecular weight is 995 g/mol. The van der Waals surface area contributed by atoms with Crippen molar-refractivity contribution in [3.05, 3.63) is 95.6 Å². The smallest absolute Gasteiger partial charge is 0.409 e. The summed E-state index contributed by atoms with van der Waals surface area (Å²) < 4.78 is 18.1. The van der Waals surface area contributed by atoms with Gasteiger partial charge in [0.15, 0.2) is 0 Å². The van der Waals surface area contributed by atoms with Gasteiger partial charge in [0.05, 0.1) is 54.8 Å². The van der Waals surface area contributed by atoms with Crippen LogP contribution in [0, 0.1) is 23.7 Å². The maximum atomic E-state index is 14.8. The summed E-state index contributed by atoms with van der Waals surface area (Å²) in [7, 11) is 4.85. The maximum absolute atomic E-state index is 14.8. The Morgan fingerprint density at radius 1 is 0.750 bits per heavy atom. The van der Waals surface area contributed by atoms with Crippen LogP contribution < -0.4 is 10.6 Å². The molecule has 10 atom stereocenters. The minimum Gasteiger partial charge on any atom is -0.448 e. The van der Waals surface area contributed by atoms with Crippen molar-refractivity contribution in [2.24, 2.45) is 23.7 Å². The highest BCUT2D eigenvalue weighted by atomic mass is 16.6. The van der Waals surface area contributed by atoms with E-state index in [9.17, 15) is 29.1 Å². The largest absolute Gasteiger partial charge is 0.448 e. The first kappa shape index (κ1) is 56.0. The van der Waals surface area contributed by atoms with Crippen LogP contribution in [0.25, 0.3) is 11.1 Å². The number of hydrogen-bond donors (Lipinski definition) is 3. The van der Waals surface area contributed by atoms with Crippen molar-refractivity contribution < 1.29 is 43.3 Å². The maximum Gasteiger partial charge on any atom is 0.409 e. The van der Waals surface area contributed by atoms with E-state index in [2.05, 4.69) is 39.8 Å². The lowest BCUT2D eigenvalue weighted by Crippen LogP contribution is -2.62. The molecule has 2 saturated heterocycles. The normalized spacial score (nSPS) is 19.8. The molecule has 2 fully saturated rings. The standard InChI is InChI=1S/C57H82N6O9/c1-12-37(6)51(47(70-10)33-48(64)63-28-20-27-46(63)53(71-11)38(7)54(66)58-39(8)52(65)40-21-14-13-15-22-40)60(9)56(68)49(35(2)3)59-55(67)50(36(4)5)61-29-31-62(32-30-61)57(69)72-34-45-43-25-18-16-23-41(43)42-24-17-19-26-44(42)45/h13-19,21-26,35-39,45-47,49-53,65H,12,20,27-34H2,1-11H3,(H,58,66)(H,59,67)/t37-,38+,39+,46-,47?,49-,50-,51-,52+,53+/m0/s1. The molecule has 2 heterocycles. The zero-order chi connectivity index (χ0) is 52.4. The van der Waals surface area contributed by atoms with Gasteiger partial charge in [0.1, 0.15) is 12.6 Å². The van der Waals surface area contributed by atoms with Crippen molar-refractivity contribution in [3.8, 4) is 11.1 Å². The predicted octanol–water partition coefficient (Wildman–Crippen LogP) is 6.88. The fourth-order valence-corrected chi connectivity index (χ4v) is 11.4. The van der Waals surface area contributed by atoms with Crippen LogP contribution in [-0.2, 0) is 33.4 Å². The van der Waals surface area contributed by atoms with E-state index < -0.39 is 48.4 Å². The lowest BCUT2D eigenvalue weighted by atomic mass is 9.89. The van der Waals surface area contributed by atoms with Gasteiger partial charge in [-0.1, -0.05) is 134 Å². The molecular weight excluding hydrogens is 913 g/mol. The van der Waals surface area contributed by atoms with Crippen molar-refractivity contribution in [2.75, 3.05) is 60.6 Å². The summed E-state index contributed by atoms with van der Waals surface area (Å²) >= 11 is 0. The SMILES string of the molecule is CC[C@H](C)[C@@H](C(CC(=O)N1CCC[C@H]1[C@H](OC)[C@@H](C)C(=O)N[C@H](C)[C@@H](O)c1ccccc1)OC)N(C)C(=O)[C@@H](NC(=O)[C@H](C(C)C)N1CCN(C(=O)OCC2c3ccccc3-c3ccccc32)CC1)C(C)C. The molecule has 5 amide bonds. The van der Waals surface area contributed by atoms with Crippen LogP contribution in [0.15, 0.2) is 78.9 Å². The number of aliphatic hydroxyl groups excluding tert-OH is 1. The molecule has 0 spiro atoms. The highest BCUT2D eigenvalue weighted by molar-refractivity contribution is 5.90. The lowest BCUT2D eigenvalue weighted by molar-refractivity contribution is -0.148. The number of benzene rings is 3. The van der Waals surface area contributed by atoms with Crippen LogP contribution in [0.5, 0.6) is 0 Å². The molecule has 394 valence electrons. The van der Waals surface area contributed by atoms with E-state index in [1.807, 2.05) is 96.1 Å². The molecule has 72 heavy (non-hydrogen) atoms. The van der Waals surface area contributed by atoms with E-state index in [1.54, 1.807) is 49.8 Å². The number of carbonyl (C=O) groups excluding carboxylic acids is 5. The quantitative estimate of drug-likeness (QED) is 0.0966. The van der Waals surface area contributed by atoms with Crippen molar-refractivity contribution in [2.45, 2.75) is 136 Å². The van der Waals surface area contributed by atoms with Gasteiger partial charge in [0.25, 0.3) is 0 Å². The summed E-state index contributed by atoms with van der Waals surface area (Å²) in [5.74, 6) is -2.07. The molecule has 0 radical (unpaired) electrons. The number of nitrogens with one attached hydrogen (secondary N) is 2. The number of likely N-dealkylation sites (N-methyl/N-ethyl adjacent to an activating group) is 1. The summed E-state index contributed by atoms with van der Waals surface area (Å²) in [6, 6.07) is 22.8. The van der Waals surface area contributed by atoms with Gasteiger partial charge >= 0.3 is 6.09 Å². The number of carbonyl (C=O) groups is 5. The minimum atomic E-state index is -0.898. The molecule has 0 aromatic heterocycles. The fraction of sp³-hybridized carbons (Fsp3) is 0.596. The molecule has 3 aromatic rings. The molecule has 3 N–H and O–H groups in total. The van der Waals surface area contributed by atoms with Crippen LogP contribution in [0.1, 0.15) is 110 Å². The Morgan fingerprint density at radius 2 is 1.35 bits per heavy atom. The number of hydrogen-bond acceptors (Lipinski definition) is 10. The molecule has 0 bridgehead atoms. The van der Waals surface area contributed by atoms with Gasteiger partial charge < -0.3 is 44.7 Å². The number of likely N-dealkylation sites (tertiary alicyclic amines) is 1. The second kappa shape index (κ2) is 25.5. The Hall–Kier alpha value is -5.35.